The molecule has 0 saturated carbocycles. The zero-order valence-electron chi connectivity index (χ0n) is 17.2. The number of nitrogens with one attached hydrogen (secondary N) is 1. The molecule has 3 aromatic rings. The van der Waals surface area contributed by atoms with E-state index < -0.39 is 22.6 Å². The largest absolute Gasteiger partial charge is 0.486 e. The number of alkyl halides is 3. The number of rotatable bonds is 9. The van der Waals surface area contributed by atoms with Crippen LogP contribution in [-0.4, -0.2) is 31.3 Å². The highest BCUT2D eigenvalue weighted by atomic mass is 32.2. The number of halogens is 3. The number of nitrogens with zero attached hydrogens (tertiary/aromatic N) is 4. The third-order valence-electron chi connectivity index (χ3n) is 4.31. The number of benzene rings is 2. The molecule has 0 saturated heterocycles. The first-order chi connectivity index (χ1) is 15.7. The fraction of sp³-hybridized carbons (Fsp3) is 0.250. The van der Waals surface area contributed by atoms with Crippen molar-refractivity contribution in [2.45, 2.75) is 31.4 Å². The molecule has 0 atom stereocenters. The van der Waals surface area contributed by atoms with Gasteiger partial charge in [-0.3, -0.25) is 14.9 Å². The van der Waals surface area contributed by atoms with Crippen molar-refractivity contribution in [2.24, 2.45) is 0 Å². The number of nitro benzene ring substituents is 1. The van der Waals surface area contributed by atoms with Gasteiger partial charge in [-0.15, -0.1) is 10.2 Å². The smallest absolute Gasteiger partial charge is 0.416 e. The van der Waals surface area contributed by atoms with E-state index in [0.29, 0.717) is 23.2 Å². The number of non-ortho nitro benzene ring substituents is 1. The van der Waals surface area contributed by atoms with Gasteiger partial charge in [0.2, 0.25) is 5.91 Å². The van der Waals surface area contributed by atoms with Crippen molar-refractivity contribution in [3.63, 3.8) is 0 Å². The molecular formula is C20H18F3N5O4S. The number of amides is 1. The van der Waals surface area contributed by atoms with E-state index in [2.05, 4.69) is 15.5 Å². The molecule has 0 bridgehead atoms. The highest BCUT2D eigenvalue weighted by Gasteiger charge is 2.30. The predicted molar refractivity (Wildman–Crippen MR) is 114 cm³/mol. The van der Waals surface area contributed by atoms with E-state index in [4.69, 9.17) is 4.74 Å². The topological polar surface area (TPSA) is 112 Å². The molecule has 1 amide bonds. The summed E-state index contributed by atoms with van der Waals surface area (Å²) < 4.78 is 45.7. The number of anilines is 1. The Labute approximate surface area is 190 Å². The second kappa shape index (κ2) is 10.3. The lowest BCUT2D eigenvalue weighted by molar-refractivity contribution is -0.384. The lowest BCUT2D eigenvalue weighted by atomic mass is 10.2. The van der Waals surface area contributed by atoms with Crippen LogP contribution in [0.4, 0.5) is 24.5 Å². The van der Waals surface area contributed by atoms with Gasteiger partial charge in [-0.1, -0.05) is 23.9 Å². The van der Waals surface area contributed by atoms with Crippen molar-refractivity contribution in [3.8, 4) is 5.75 Å². The minimum Gasteiger partial charge on any atom is -0.486 e. The first-order valence-corrected chi connectivity index (χ1v) is 10.5. The number of nitro groups is 1. The Kier molecular flexibility index (Phi) is 7.53. The van der Waals surface area contributed by atoms with Crippen LogP contribution >= 0.6 is 11.8 Å². The predicted octanol–water partition coefficient (Wildman–Crippen LogP) is 4.53. The van der Waals surface area contributed by atoms with E-state index in [1.165, 1.54) is 36.4 Å². The molecule has 1 heterocycles. The fourth-order valence-electron chi connectivity index (χ4n) is 2.78. The van der Waals surface area contributed by atoms with Crippen LogP contribution in [0.15, 0.2) is 53.7 Å². The number of hydrogen-bond acceptors (Lipinski definition) is 7. The number of hydrogen-bond donors (Lipinski definition) is 1. The molecular weight excluding hydrogens is 463 g/mol. The maximum atomic E-state index is 12.8. The van der Waals surface area contributed by atoms with Crippen molar-refractivity contribution in [3.05, 3.63) is 70.0 Å². The van der Waals surface area contributed by atoms with E-state index >= 15 is 0 Å². The summed E-state index contributed by atoms with van der Waals surface area (Å²) >= 11 is 1.10. The molecule has 3 rings (SSSR count). The summed E-state index contributed by atoms with van der Waals surface area (Å²) in [5.74, 6) is 0.000379. The molecule has 0 aliphatic rings. The van der Waals surface area contributed by atoms with Crippen molar-refractivity contribution >= 4 is 29.0 Å². The van der Waals surface area contributed by atoms with Gasteiger partial charge in [0, 0.05) is 24.4 Å². The Morgan fingerprint density at radius 2 is 1.97 bits per heavy atom. The van der Waals surface area contributed by atoms with Gasteiger partial charge >= 0.3 is 6.18 Å². The molecule has 1 aromatic heterocycles. The molecule has 0 radical (unpaired) electrons. The highest BCUT2D eigenvalue weighted by Crippen LogP contribution is 2.31. The lowest BCUT2D eigenvalue weighted by Crippen LogP contribution is -2.15. The molecule has 0 spiro atoms. The number of carbonyl (C=O) groups excluding carboxylic acids is 1. The fourth-order valence-corrected chi connectivity index (χ4v) is 3.61. The summed E-state index contributed by atoms with van der Waals surface area (Å²) in [6.45, 7) is 2.16. The minimum absolute atomic E-state index is 0.0324. The summed E-state index contributed by atoms with van der Waals surface area (Å²) in [4.78, 5) is 22.5. The molecule has 33 heavy (non-hydrogen) atoms. The van der Waals surface area contributed by atoms with Gasteiger partial charge in [-0.05, 0) is 31.2 Å². The summed E-state index contributed by atoms with van der Waals surface area (Å²) in [6, 6.07) is 10.1. The lowest BCUT2D eigenvalue weighted by Gasteiger charge is -2.11. The van der Waals surface area contributed by atoms with E-state index in [0.717, 1.165) is 23.9 Å². The molecule has 2 aromatic carbocycles. The standard InChI is InChI=1S/C20H18F3N5O4S/c1-2-27-17(11-32-16-8-3-5-13(9-16)20(21,22)23)25-26-19(27)33-12-18(29)24-14-6-4-7-15(10-14)28(30)31/h3-10H,2,11-12H2,1H3,(H,24,29). The van der Waals surface area contributed by atoms with Gasteiger partial charge in [-0.25, -0.2) is 0 Å². The van der Waals surface area contributed by atoms with Crippen LogP contribution in [0.5, 0.6) is 5.75 Å². The SMILES string of the molecule is CCn1c(COc2cccc(C(F)(F)F)c2)nnc1SCC(=O)Nc1cccc([N+](=O)[O-])c1. The van der Waals surface area contributed by atoms with E-state index in [1.807, 2.05) is 6.92 Å². The van der Waals surface area contributed by atoms with Gasteiger partial charge in [0.15, 0.2) is 11.0 Å². The van der Waals surface area contributed by atoms with Crippen LogP contribution in [0, 0.1) is 10.1 Å². The van der Waals surface area contributed by atoms with Crippen LogP contribution in [0.3, 0.4) is 0 Å². The second-order valence-electron chi connectivity index (χ2n) is 6.60. The average molecular weight is 481 g/mol. The second-order valence-corrected chi connectivity index (χ2v) is 7.54. The van der Waals surface area contributed by atoms with Crippen molar-refractivity contribution in [1.29, 1.82) is 0 Å². The monoisotopic (exact) mass is 481 g/mol. The molecule has 0 unspecified atom stereocenters. The Morgan fingerprint density at radius 1 is 1.21 bits per heavy atom. The van der Waals surface area contributed by atoms with Crippen molar-refractivity contribution < 1.29 is 27.6 Å². The summed E-state index contributed by atoms with van der Waals surface area (Å²) in [7, 11) is 0. The van der Waals surface area contributed by atoms with Crippen LogP contribution in [0.1, 0.15) is 18.3 Å². The zero-order chi connectivity index (χ0) is 24.0. The van der Waals surface area contributed by atoms with Gasteiger partial charge < -0.3 is 14.6 Å². The first-order valence-electron chi connectivity index (χ1n) is 9.56. The average Bonchev–Trinajstić information content (AvgIpc) is 3.18. The summed E-state index contributed by atoms with van der Waals surface area (Å²) in [5.41, 5.74) is -0.665. The Balaban J connectivity index is 1.60. The van der Waals surface area contributed by atoms with Crippen molar-refractivity contribution in [2.75, 3.05) is 11.1 Å². The minimum atomic E-state index is -4.47. The van der Waals surface area contributed by atoms with E-state index in [9.17, 15) is 28.1 Å². The number of aromatic nitrogens is 3. The third kappa shape index (κ3) is 6.44. The third-order valence-corrected chi connectivity index (χ3v) is 5.28. The Bertz CT molecular complexity index is 1150. The summed E-state index contributed by atoms with van der Waals surface area (Å²) in [6.07, 6.45) is -4.47. The quantitative estimate of drug-likeness (QED) is 0.271. The van der Waals surface area contributed by atoms with Gasteiger partial charge in [0.25, 0.3) is 5.69 Å². The normalized spacial score (nSPS) is 11.3. The summed E-state index contributed by atoms with van der Waals surface area (Å²) in [5, 5.41) is 21.9. The molecule has 13 heteroatoms. The molecule has 9 nitrogen and oxygen atoms in total. The van der Waals surface area contributed by atoms with Crippen molar-refractivity contribution in [1.82, 2.24) is 14.8 Å². The zero-order valence-corrected chi connectivity index (χ0v) is 18.0. The van der Waals surface area contributed by atoms with Crippen LogP contribution in [0.2, 0.25) is 0 Å². The first kappa shape index (κ1) is 24.0. The molecule has 0 fully saturated rings. The van der Waals surface area contributed by atoms with Crippen LogP contribution in [-0.2, 0) is 24.1 Å². The van der Waals surface area contributed by atoms with Crippen LogP contribution < -0.4 is 10.1 Å². The van der Waals surface area contributed by atoms with Crippen LogP contribution in [0.25, 0.3) is 0 Å². The highest BCUT2D eigenvalue weighted by molar-refractivity contribution is 7.99. The number of carbonyl (C=O) groups is 1. The Hall–Kier alpha value is -3.61. The molecule has 0 aliphatic carbocycles. The molecule has 174 valence electrons. The molecule has 0 aliphatic heterocycles. The maximum absolute atomic E-state index is 12.8. The molecule has 1 N–H and O–H groups in total. The maximum Gasteiger partial charge on any atom is 0.416 e. The van der Waals surface area contributed by atoms with Gasteiger partial charge in [-0.2, -0.15) is 13.2 Å². The van der Waals surface area contributed by atoms with E-state index in [-0.39, 0.29) is 23.8 Å². The van der Waals surface area contributed by atoms with E-state index in [1.54, 1.807) is 4.57 Å². The number of ether oxygens (including phenoxy) is 1. The number of thioether (sulfide) groups is 1. The Morgan fingerprint density at radius 3 is 2.67 bits per heavy atom. The van der Waals surface area contributed by atoms with Gasteiger partial charge in [0.05, 0.1) is 16.2 Å². The van der Waals surface area contributed by atoms with Gasteiger partial charge in [0.1, 0.15) is 12.4 Å².